The highest BCUT2D eigenvalue weighted by molar-refractivity contribution is 5.97. The number of hydrogen-bond acceptors (Lipinski definition) is 2. The van der Waals surface area contributed by atoms with Crippen LogP contribution < -0.4 is 11.1 Å². The number of carbonyl (C=O) groups excluding carboxylic acids is 2. The van der Waals surface area contributed by atoms with Gasteiger partial charge in [0.15, 0.2) is 0 Å². The zero-order chi connectivity index (χ0) is 18.7. The van der Waals surface area contributed by atoms with Crippen molar-refractivity contribution in [3.05, 3.63) is 83.4 Å². The Morgan fingerprint density at radius 3 is 2.31 bits per heavy atom. The molecule has 0 spiro atoms. The molecule has 26 heavy (non-hydrogen) atoms. The Hall–Kier alpha value is -3.28. The zero-order valence-corrected chi connectivity index (χ0v) is 13.7. The molecule has 0 bridgehead atoms. The van der Waals surface area contributed by atoms with Gasteiger partial charge in [0.05, 0.1) is 0 Å². The molecular formula is C20H16F2N2O2. The van der Waals surface area contributed by atoms with Gasteiger partial charge in [-0.3, -0.25) is 9.59 Å². The summed E-state index contributed by atoms with van der Waals surface area (Å²) in [5, 5.41) is 4.38. The first kappa shape index (κ1) is 17.5. The number of carbonyl (C=O) groups is 2. The lowest BCUT2D eigenvalue weighted by Gasteiger charge is -2.17. The van der Waals surface area contributed by atoms with Crippen LogP contribution in [0, 0.1) is 11.6 Å². The van der Waals surface area contributed by atoms with E-state index in [2.05, 4.69) is 5.32 Å². The summed E-state index contributed by atoms with van der Waals surface area (Å²) >= 11 is 0. The number of halogens is 2. The Labute approximate surface area is 148 Å². The van der Waals surface area contributed by atoms with Gasteiger partial charge in [-0.2, -0.15) is 0 Å². The molecule has 2 amide bonds. The van der Waals surface area contributed by atoms with Crippen LogP contribution in [-0.2, 0) is 11.2 Å². The number of rotatable bonds is 5. The van der Waals surface area contributed by atoms with Crippen molar-refractivity contribution in [3.8, 4) is 0 Å². The van der Waals surface area contributed by atoms with Gasteiger partial charge in [0, 0.05) is 18.1 Å². The summed E-state index contributed by atoms with van der Waals surface area (Å²) in [7, 11) is 0. The third kappa shape index (κ3) is 3.85. The first-order valence-electron chi connectivity index (χ1n) is 7.97. The molecule has 0 saturated carbocycles. The Bertz CT molecular complexity index is 963. The zero-order valence-electron chi connectivity index (χ0n) is 13.7. The van der Waals surface area contributed by atoms with E-state index in [4.69, 9.17) is 5.73 Å². The van der Waals surface area contributed by atoms with Crippen molar-refractivity contribution in [2.45, 2.75) is 12.5 Å². The average Bonchev–Trinajstić information content (AvgIpc) is 2.60. The second kappa shape index (κ2) is 7.31. The molecule has 0 aliphatic heterocycles. The largest absolute Gasteiger partial charge is 0.368 e. The number of nitrogens with one attached hydrogen (secondary N) is 1. The third-order valence-electron chi connectivity index (χ3n) is 4.08. The van der Waals surface area contributed by atoms with Gasteiger partial charge >= 0.3 is 0 Å². The Morgan fingerprint density at radius 2 is 1.62 bits per heavy atom. The topological polar surface area (TPSA) is 72.2 Å². The lowest BCUT2D eigenvalue weighted by molar-refractivity contribution is -0.119. The fraction of sp³-hybridized carbons (Fsp3) is 0.100. The monoisotopic (exact) mass is 354 g/mol. The third-order valence-corrected chi connectivity index (χ3v) is 4.08. The van der Waals surface area contributed by atoms with Gasteiger partial charge < -0.3 is 11.1 Å². The lowest BCUT2D eigenvalue weighted by Crippen LogP contribution is -2.45. The Morgan fingerprint density at radius 1 is 0.962 bits per heavy atom. The molecule has 1 atom stereocenters. The molecule has 3 rings (SSSR count). The number of hydrogen-bond donors (Lipinski definition) is 2. The van der Waals surface area contributed by atoms with Gasteiger partial charge in [-0.15, -0.1) is 0 Å². The average molecular weight is 354 g/mol. The van der Waals surface area contributed by atoms with Gasteiger partial charge in [0.1, 0.15) is 17.7 Å². The van der Waals surface area contributed by atoms with Gasteiger partial charge in [-0.1, -0.05) is 42.5 Å². The van der Waals surface area contributed by atoms with Crippen LogP contribution in [0.3, 0.4) is 0 Å². The fourth-order valence-corrected chi connectivity index (χ4v) is 2.84. The van der Waals surface area contributed by atoms with Crippen molar-refractivity contribution in [2.75, 3.05) is 0 Å². The van der Waals surface area contributed by atoms with E-state index in [0.29, 0.717) is 6.07 Å². The van der Waals surface area contributed by atoms with Crippen LogP contribution in [0.25, 0.3) is 10.8 Å². The quantitative estimate of drug-likeness (QED) is 0.739. The van der Waals surface area contributed by atoms with E-state index in [1.165, 1.54) is 0 Å². The number of amides is 2. The Balaban J connectivity index is 1.85. The standard InChI is InChI=1S/C20H16F2N2O2/c21-15-8-14(9-16(22)11-15)20(26)24-18(19(23)25)10-13-6-3-5-12-4-1-2-7-17(12)13/h1-9,11,18H,10H2,(H2,23,25)(H,24,26)/t18-/m0/s1. The van der Waals surface area contributed by atoms with Crippen molar-refractivity contribution in [1.82, 2.24) is 5.32 Å². The summed E-state index contributed by atoms with van der Waals surface area (Å²) < 4.78 is 26.6. The molecule has 0 saturated heterocycles. The SMILES string of the molecule is NC(=O)[C@H](Cc1cccc2ccccc12)NC(=O)c1cc(F)cc(F)c1. The molecule has 0 radical (unpaired) electrons. The van der Waals surface area contributed by atoms with E-state index in [0.717, 1.165) is 28.5 Å². The maximum absolute atomic E-state index is 13.3. The summed E-state index contributed by atoms with van der Waals surface area (Å²) in [6, 6.07) is 14.7. The second-order valence-corrected chi connectivity index (χ2v) is 5.93. The van der Waals surface area contributed by atoms with Crippen LogP contribution in [0.15, 0.2) is 60.7 Å². The van der Waals surface area contributed by atoms with Gasteiger partial charge in [0.25, 0.3) is 5.91 Å². The number of primary amides is 1. The van der Waals surface area contributed by atoms with Crippen LogP contribution in [0.4, 0.5) is 8.78 Å². The lowest BCUT2D eigenvalue weighted by atomic mass is 9.98. The molecule has 6 heteroatoms. The molecule has 0 aromatic heterocycles. The highest BCUT2D eigenvalue weighted by Crippen LogP contribution is 2.20. The fourth-order valence-electron chi connectivity index (χ4n) is 2.84. The second-order valence-electron chi connectivity index (χ2n) is 5.93. The highest BCUT2D eigenvalue weighted by Gasteiger charge is 2.21. The van der Waals surface area contributed by atoms with Crippen molar-refractivity contribution in [3.63, 3.8) is 0 Å². The molecular weight excluding hydrogens is 338 g/mol. The first-order chi connectivity index (χ1) is 12.4. The predicted molar refractivity (Wildman–Crippen MR) is 94.5 cm³/mol. The van der Waals surface area contributed by atoms with Gasteiger partial charge in [-0.05, 0) is 28.5 Å². The maximum Gasteiger partial charge on any atom is 0.252 e. The minimum Gasteiger partial charge on any atom is -0.368 e. The summed E-state index contributed by atoms with van der Waals surface area (Å²) in [5.74, 6) is -3.25. The van der Waals surface area contributed by atoms with E-state index in [-0.39, 0.29) is 12.0 Å². The first-order valence-corrected chi connectivity index (χ1v) is 7.97. The van der Waals surface area contributed by atoms with E-state index < -0.39 is 29.5 Å². The van der Waals surface area contributed by atoms with Crippen molar-refractivity contribution in [2.24, 2.45) is 5.73 Å². The van der Waals surface area contributed by atoms with Crippen molar-refractivity contribution >= 4 is 22.6 Å². The molecule has 0 aliphatic rings. The summed E-state index contributed by atoms with van der Waals surface area (Å²) in [4.78, 5) is 24.1. The van der Waals surface area contributed by atoms with Crippen molar-refractivity contribution < 1.29 is 18.4 Å². The number of benzene rings is 3. The normalized spacial score (nSPS) is 11.9. The summed E-state index contributed by atoms with van der Waals surface area (Å²) in [6.45, 7) is 0. The summed E-state index contributed by atoms with van der Waals surface area (Å²) in [5.41, 5.74) is 6.03. The van der Waals surface area contributed by atoms with Gasteiger partial charge in [0.2, 0.25) is 5.91 Å². The Kier molecular flexibility index (Phi) is 4.93. The minimum absolute atomic E-state index is 0.167. The molecule has 3 aromatic carbocycles. The maximum atomic E-state index is 13.3. The molecule has 0 aliphatic carbocycles. The van der Waals surface area contributed by atoms with E-state index >= 15 is 0 Å². The molecule has 132 valence electrons. The van der Waals surface area contributed by atoms with Crippen LogP contribution in [0.5, 0.6) is 0 Å². The van der Waals surface area contributed by atoms with E-state index in [1.807, 2.05) is 42.5 Å². The molecule has 3 N–H and O–H groups in total. The smallest absolute Gasteiger partial charge is 0.252 e. The van der Waals surface area contributed by atoms with Crippen LogP contribution in [0.1, 0.15) is 15.9 Å². The number of nitrogens with two attached hydrogens (primary N) is 1. The molecule has 0 heterocycles. The van der Waals surface area contributed by atoms with Crippen LogP contribution in [0.2, 0.25) is 0 Å². The molecule has 3 aromatic rings. The molecule has 0 unspecified atom stereocenters. The minimum atomic E-state index is -1.01. The van der Waals surface area contributed by atoms with Crippen LogP contribution in [-0.4, -0.2) is 17.9 Å². The molecule has 4 nitrogen and oxygen atoms in total. The van der Waals surface area contributed by atoms with E-state index in [9.17, 15) is 18.4 Å². The van der Waals surface area contributed by atoms with Crippen molar-refractivity contribution in [1.29, 1.82) is 0 Å². The van der Waals surface area contributed by atoms with Crippen LogP contribution >= 0.6 is 0 Å². The number of fused-ring (bicyclic) bond motifs is 1. The summed E-state index contributed by atoms with van der Waals surface area (Å²) in [6.07, 6.45) is 0.167. The predicted octanol–water partition coefficient (Wildman–Crippen LogP) is 2.94. The van der Waals surface area contributed by atoms with Gasteiger partial charge in [-0.25, -0.2) is 8.78 Å². The van der Waals surface area contributed by atoms with E-state index in [1.54, 1.807) is 0 Å². The molecule has 0 fully saturated rings. The highest BCUT2D eigenvalue weighted by atomic mass is 19.1.